The summed E-state index contributed by atoms with van der Waals surface area (Å²) >= 11 is 0. The van der Waals surface area contributed by atoms with Crippen LogP contribution in [0.25, 0.3) is 0 Å². The van der Waals surface area contributed by atoms with Crippen molar-refractivity contribution in [3.8, 4) is 0 Å². The summed E-state index contributed by atoms with van der Waals surface area (Å²) in [6, 6.07) is 0. The smallest absolute Gasteiger partial charge is 0.303 e. The van der Waals surface area contributed by atoms with Gasteiger partial charge in [-0.3, -0.25) is 4.79 Å². The molecule has 0 aromatic heterocycles. The van der Waals surface area contributed by atoms with Gasteiger partial charge in [-0.25, -0.2) is 0 Å². The lowest BCUT2D eigenvalue weighted by Gasteiger charge is -2.32. The molecule has 0 amide bonds. The monoisotopic (exact) mass is 428 g/mol. The predicted molar refractivity (Wildman–Crippen MR) is 127 cm³/mol. The molecule has 0 aliphatic rings. The van der Waals surface area contributed by atoms with Crippen molar-refractivity contribution in [2.24, 2.45) is 10.8 Å². The SMILES string of the molecule is CCC(CC)(CCCCO)CCCCOCCCCC(CC)(CC)CCCC(=O)O. The fourth-order valence-corrected chi connectivity index (χ4v) is 4.90. The van der Waals surface area contributed by atoms with Crippen molar-refractivity contribution in [1.82, 2.24) is 0 Å². The van der Waals surface area contributed by atoms with Crippen molar-refractivity contribution in [2.45, 2.75) is 130 Å². The molecule has 0 radical (unpaired) electrons. The highest BCUT2D eigenvalue weighted by Crippen LogP contribution is 2.38. The third kappa shape index (κ3) is 12.9. The van der Waals surface area contributed by atoms with E-state index < -0.39 is 5.97 Å². The highest BCUT2D eigenvalue weighted by atomic mass is 16.5. The first-order chi connectivity index (χ1) is 14.4. The van der Waals surface area contributed by atoms with Gasteiger partial charge in [0.25, 0.3) is 0 Å². The van der Waals surface area contributed by atoms with Gasteiger partial charge < -0.3 is 14.9 Å². The normalized spacial score (nSPS) is 12.4. The first-order valence-electron chi connectivity index (χ1n) is 12.8. The first kappa shape index (κ1) is 29.4. The molecule has 2 N–H and O–H groups in total. The highest BCUT2D eigenvalue weighted by molar-refractivity contribution is 5.66. The van der Waals surface area contributed by atoms with Crippen molar-refractivity contribution >= 4 is 5.97 Å². The van der Waals surface area contributed by atoms with E-state index in [1.807, 2.05) is 0 Å². The van der Waals surface area contributed by atoms with E-state index >= 15 is 0 Å². The van der Waals surface area contributed by atoms with Crippen LogP contribution < -0.4 is 0 Å². The van der Waals surface area contributed by atoms with Crippen LogP contribution in [0.5, 0.6) is 0 Å². The van der Waals surface area contributed by atoms with Gasteiger partial charge in [0, 0.05) is 26.2 Å². The maximum Gasteiger partial charge on any atom is 0.303 e. The molecule has 4 nitrogen and oxygen atoms in total. The fraction of sp³-hybridized carbons (Fsp3) is 0.962. The minimum absolute atomic E-state index is 0.295. The molecule has 0 unspecified atom stereocenters. The lowest BCUT2D eigenvalue weighted by molar-refractivity contribution is -0.137. The van der Waals surface area contributed by atoms with Gasteiger partial charge in [-0.05, 0) is 62.2 Å². The topological polar surface area (TPSA) is 66.8 Å². The number of aliphatic hydroxyl groups excluding tert-OH is 1. The Labute approximate surface area is 187 Å². The Hall–Kier alpha value is -0.610. The average Bonchev–Trinajstić information content (AvgIpc) is 2.75. The number of ether oxygens (including phenoxy) is 1. The summed E-state index contributed by atoms with van der Waals surface area (Å²) in [5.74, 6) is -0.676. The number of hydrogen-bond donors (Lipinski definition) is 2. The van der Waals surface area contributed by atoms with E-state index in [0.29, 0.717) is 23.9 Å². The quantitative estimate of drug-likeness (QED) is 0.177. The number of hydrogen-bond acceptors (Lipinski definition) is 3. The van der Waals surface area contributed by atoms with Crippen molar-refractivity contribution in [1.29, 1.82) is 0 Å². The third-order valence-corrected chi connectivity index (χ3v) is 7.70. The molecule has 180 valence electrons. The molecule has 4 heteroatoms. The summed E-state index contributed by atoms with van der Waals surface area (Å²) < 4.78 is 5.90. The fourth-order valence-electron chi connectivity index (χ4n) is 4.90. The summed E-state index contributed by atoms with van der Waals surface area (Å²) in [6.07, 6.45) is 17.3. The lowest BCUT2D eigenvalue weighted by Crippen LogP contribution is -2.20. The van der Waals surface area contributed by atoms with Gasteiger partial charge in [0.1, 0.15) is 0 Å². The Balaban J connectivity index is 3.95. The number of aliphatic carboxylic acids is 1. The van der Waals surface area contributed by atoms with Crippen molar-refractivity contribution < 1.29 is 19.7 Å². The van der Waals surface area contributed by atoms with Crippen LogP contribution in [0.1, 0.15) is 130 Å². The van der Waals surface area contributed by atoms with Gasteiger partial charge in [-0.2, -0.15) is 0 Å². The standard InChI is InChI=1S/C26H52O4/c1-5-25(6-2,17-9-12-21-27)18-10-13-22-30-23-14-11-19-26(7-3,8-4)20-15-16-24(28)29/h27H,5-23H2,1-4H3,(H,28,29). The van der Waals surface area contributed by atoms with Crippen LogP contribution in [0.4, 0.5) is 0 Å². The molecule has 0 aromatic carbocycles. The van der Waals surface area contributed by atoms with Gasteiger partial charge >= 0.3 is 5.97 Å². The highest BCUT2D eigenvalue weighted by Gasteiger charge is 2.26. The molecule has 0 rings (SSSR count). The van der Waals surface area contributed by atoms with Crippen molar-refractivity contribution in [3.05, 3.63) is 0 Å². The van der Waals surface area contributed by atoms with Gasteiger partial charge in [-0.1, -0.05) is 72.6 Å². The molecule has 0 bridgehead atoms. The molecule has 0 atom stereocenters. The second kappa shape index (κ2) is 18.0. The van der Waals surface area contributed by atoms with Gasteiger partial charge in [0.2, 0.25) is 0 Å². The molecular formula is C26H52O4. The number of unbranched alkanes of at least 4 members (excludes halogenated alkanes) is 3. The predicted octanol–water partition coefficient (Wildman–Crippen LogP) is 7.37. The molecule has 0 aliphatic carbocycles. The van der Waals surface area contributed by atoms with Gasteiger partial charge in [0.15, 0.2) is 0 Å². The zero-order valence-corrected chi connectivity index (χ0v) is 20.6. The Bertz CT molecular complexity index is 400. The summed E-state index contributed by atoms with van der Waals surface area (Å²) in [5, 5.41) is 17.9. The first-order valence-corrected chi connectivity index (χ1v) is 12.8. The van der Waals surface area contributed by atoms with Crippen LogP contribution in [0, 0.1) is 10.8 Å². The number of rotatable bonds is 22. The summed E-state index contributed by atoms with van der Waals surface area (Å²) in [4.78, 5) is 10.8. The largest absolute Gasteiger partial charge is 0.481 e. The van der Waals surface area contributed by atoms with Crippen LogP contribution in [-0.4, -0.2) is 36.0 Å². The van der Waals surface area contributed by atoms with Gasteiger partial charge in [0.05, 0.1) is 0 Å². The zero-order chi connectivity index (χ0) is 22.7. The molecule has 0 heterocycles. The zero-order valence-electron chi connectivity index (χ0n) is 20.6. The molecule has 30 heavy (non-hydrogen) atoms. The molecule has 0 saturated carbocycles. The third-order valence-electron chi connectivity index (χ3n) is 7.70. The van der Waals surface area contributed by atoms with E-state index in [1.54, 1.807) is 0 Å². The van der Waals surface area contributed by atoms with Crippen LogP contribution in [0.2, 0.25) is 0 Å². The lowest BCUT2D eigenvalue weighted by atomic mass is 9.74. The van der Waals surface area contributed by atoms with E-state index in [1.165, 1.54) is 44.9 Å². The number of carbonyl (C=O) groups is 1. The van der Waals surface area contributed by atoms with E-state index in [-0.39, 0.29) is 0 Å². The number of aliphatic hydroxyl groups is 1. The maximum atomic E-state index is 10.8. The van der Waals surface area contributed by atoms with E-state index in [0.717, 1.165) is 64.6 Å². The summed E-state index contributed by atoms with van der Waals surface area (Å²) in [6.45, 7) is 11.2. The van der Waals surface area contributed by atoms with E-state index in [4.69, 9.17) is 14.9 Å². The van der Waals surface area contributed by atoms with Crippen molar-refractivity contribution in [2.75, 3.05) is 19.8 Å². The number of carboxylic acids is 1. The Kier molecular flexibility index (Phi) is 17.6. The summed E-state index contributed by atoms with van der Waals surface area (Å²) in [7, 11) is 0. The van der Waals surface area contributed by atoms with Crippen LogP contribution >= 0.6 is 0 Å². The minimum Gasteiger partial charge on any atom is -0.481 e. The molecule has 0 spiro atoms. The van der Waals surface area contributed by atoms with Crippen LogP contribution in [-0.2, 0) is 9.53 Å². The average molecular weight is 429 g/mol. The Morgan fingerprint density at radius 3 is 1.43 bits per heavy atom. The Morgan fingerprint density at radius 2 is 1.07 bits per heavy atom. The summed E-state index contributed by atoms with van der Waals surface area (Å²) in [5.41, 5.74) is 0.772. The molecular weight excluding hydrogens is 376 g/mol. The van der Waals surface area contributed by atoms with Crippen LogP contribution in [0.15, 0.2) is 0 Å². The molecule has 0 aromatic rings. The second-order valence-corrected chi connectivity index (χ2v) is 9.37. The van der Waals surface area contributed by atoms with E-state index in [2.05, 4.69) is 27.7 Å². The van der Waals surface area contributed by atoms with Crippen LogP contribution in [0.3, 0.4) is 0 Å². The minimum atomic E-state index is -0.676. The molecule has 0 saturated heterocycles. The number of carboxylic acid groups (broad SMARTS) is 1. The maximum absolute atomic E-state index is 10.8. The molecule has 0 aliphatic heterocycles. The molecule has 0 fully saturated rings. The van der Waals surface area contributed by atoms with Crippen molar-refractivity contribution in [3.63, 3.8) is 0 Å². The second-order valence-electron chi connectivity index (χ2n) is 9.37. The van der Waals surface area contributed by atoms with E-state index in [9.17, 15) is 4.79 Å². The Morgan fingerprint density at radius 1 is 0.667 bits per heavy atom. The van der Waals surface area contributed by atoms with Gasteiger partial charge in [-0.15, -0.1) is 0 Å².